The highest BCUT2D eigenvalue weighted by Gasteiger charge is 2.39. The van der Waals surface area contributed by atoms with Gasteiger partial charge in [0.25, 0.3) is 11.8 Å². The van der Waals surface area contributed by atoms with Gasteiger partial charge in [-0.2, -0.15) is 18.3 Å². The van der Waals surface area contributed by atoms with Crippen molar-refractivity contribution in [3.63, 3.8) is 0 Å². The first-order chi connectivity index (χ1) is 24.5. The summed E-state index contributed by atoms with van der Waals surface area (Å²) >= 11 is 0. The quantitative estimate of drug-likeness (QED) is 0.252. The number of hydrogen-bond donors (Lipinski definition) is 2. The van der Waals surface area contributed by atoms with Gasteiger partial charge in [-0.1, -0.05) is 55.1 Å². The van der Waals surface area contributed by atoms with Crippen molar-refractivity contribution < 1.29 is 32.3 Å². The molecule has 2 N–H and O–H groups in total. The van der Waals surface area contributed by atoms with Gasteiger partial charge in [-0.05, 0) is 30.7 Å². The molecule has 12 nitrogen and oxygen atoms in total. The van der Waals surface area contributed by atoms with E-state index in [9.17, 15) is 27.6 Å². The molecule has 3 unspecified atom stereocenters. The van der Waals surface area contributed by atoms with Crippen LogP contribution in [0.5, 0.6) is 0 Å². The van der Waals surface area contributed by atoms with E-state index in [4.69, 9.17) is 4.74 Å². The van der Waals surface area contributed by atoms with E-state index in [1.54, 1.807) is 17.8 Å². The Morgan fingerprint density at radius 1 is 1.02 bits per heavy atom. The number of alkyl halides is 3. The summed E-state index contributed by atoms with van der Waals surface area (Å²) in [5.74, 6) is -1.47. The molecule has 15 heteroatoms. The minimum atomic E-state index is -4.71. The number of likely N-dealkylation sites (N-methyl/N-ethyl adjacent to an activating group) is 1. The Bertz CT molecular complexity index is 1870. The number of ether oxygens (including phenoxy) is 1. The Morgan fingerprint density at radius 2 is 1.69 bits per heavy atom. The molecule has 0 saturated carbocycles. The number of anilines is 1. The highest BCUT2D eigenvalue weighted by atomic mass is 19.4. The van der Waals surface area contributed by atoms with Crippen molar-refractivity contribution >= 4 is 23.5 Å². The molecule has 8 rings (SSSR count). The molecule has 2 bridgehead atoms. The molecule has 0 radical (unpaired) electrons. The van der Waals surface area contributed by atoms with Gasteiger partial charge >= 0.3 is 6.18 Å². The van der Waals surface area contributed by atoms with Gasteiger partial charge in [0.15, 0.2) is 0 Å². The van der Waals surface area contributed by atoms with Crippen LogP contribution in [0.1, 0.15) is 40.8 Å². The number of carbonyl (C=O) groups excluding carboxylic acids is 3. The van der Waals surface area contributed by atoms with Crippen LogP contribution < -0.4 is 15.5 Å². The van der Waals surface area contributed by atoms with Crippen molar-refractivity contribution in [3.8, 4) is 5.69 Å². The zero-order valence-electron chi connectivity index (χ0n) is 27.8. The topological polar surface area (TPSA) is 135 Å². The minimum absolute atomic E-state index is 0.0611. The molecule has 3 fully saturated rings. The van der Waals surface area contributed by atoms with Gasteiger partial charge in [0, 0.05) is 62.9 Å². The monoisotopic (exact) mass is 702 g/mol. The lowest BCUT2D eigenvalue weighted by Gasteiger charge is -2.47. The highest BCUT2D eigenvalue weighted by Crippen LogP contribution is 2.31. The SMILES string of the molecule is C=C(CN1CC2CC(C1)O2)C(=O)NCc1ccccc1.CCN1C(=O)C(NC(=O)c2nccc(C(F)(F)F)n2)Cc2cnn(-c3ccccc3)c21. The number of hydrogen-bond acceptors (Lipinski definition) is 8. The summed E-state index contributed by atoms with van der Waals surface area (Å²) in [6, 6.07) is 18.9. The molecule has 4 aromatic rings. The predicted octanol–water partition coefficient (Wildman–Crippen LogP) is 3.72. The van der Waals surface area contributed by atoms with Crippen molar-refractivity contribution in [1.82, 2.24) is 35.3 Å². The number of benzene rings is 2. The van der Waals surface area contributed by atoms with E-state index in [0.717, 1.165) is 36.1 Å². The lowest BCUT2D eigenvalue weighted by Crippen LogP contribution is -2.57. The average molecular weight is 703 g/mol. The van der Waals surface area contributed by atoms with E-state index >= 15 is 0 Å². The smallest absolute Gasteiger partial charge is 0.372 e. The van der Waals surface area contributed by atoms with Crippen LogP contribution in [0.4, 0.5) is 19.0 Å². The fourth-order valence-corrected chi connectivity index (χ4v) is 6.25. The molecular formula is C36H37F3N8O4. The first kappa shape index (κ1) is 35.4. The van der Waals surface area contributed by atoms with Gasteiger partial charge in [-0.15, -0.1) is 0 Å². The van der Waals surface area contributed by atoms with Crippen LogP contribution in [0.25, 0.3) is 5.69 Å². The van der Waals surface area contributed by atoms with E-state index < -0.39 is 35.6 Å². The van der Waals surface area contributed by atoms with Crippen molar-refractivity contribution in [3.05, 3.63) is 114 Å². The summed E-state index contributed by atoms with van der Waals surface area (Å²) in [5.41, 5.74) is 1.99. The fraction of sp³-hybridized carbons (Fsp3) is 0.333. The van der Waals surface area contributed by atoms with Crippen LogP contribution in [-0.2, 0) is 33.5 Å². The highest BCUT2D eigenvalue weighted by molar-refractivity contribution is 6.03. The third-order valence-corrected chi connectivity index (χ3v) is 8.70. The number of amides is 3. The van der Waals surface area contributed by atoms with Gasteiger partial charge in [0.05, 0.1) is 24.1 Å². The van der Waals surface area contributed by atoms with Crippen molar-refractivity contribution in [2.24, 2.45) is 0 Å². The van der Waals surface area contributed by atoms with Crippen LogP contribution >= 0.6 is 0 Å². The molecule has 3 atom stereocenters. The molecule has 6 heterocycles. The number of carbonyl (C=O) groups is 3. The molecule has 51 heavy (non-hydrogen) atoms. The van der Waals surface area contributed by atoms with Crippen LogP contribution in [0.2, 0.25) is 0 Å². The summed E-state index contributed by atoms with van der Waals surface area (Å²) in [5, 5.41) is 9.74. The second kappa shape index (κ2) is 15.2. The van der Waals surface area contributed by atoms with Gasteiger partial charge in [0.2, 0.25) is 11.7 Å². The molecule has 2 aromatic heterocycles. The van der Waals surface area contributed by atoms with Crippen LogP contribution in [0, 0.1) is 0 Å². The maximum atomic E-state index is 13.0. The number of halogens is 3. The lowest BCUT2D eigenvalue weighted by molar-refractivity contribution is -0.179. The summed E-state index contributed by atoms with van der Waals surface area (Å²) in [6.45, 7) is 9.03. The lowest BCUT2D eigenvalue weighted by atomic mass is 9.98. The van der Waals surface area contributed by atoms with Gasteiger partial charge in [0.1, 0.15) is 17.6 Å². The van der Waals surface area contributed by atoms with Crippen LogP contribution in [0.3, 0.4) is 0 Å². The normalized spacial score (nSPS) is 19.6. The molecule has 4 aliphatic heterocycles. The number of rotatable bonds is 9. The van der Waals surface area contributed by atoms with E-state index in [-0.39, 0.29) is 12.3 Å². The third-order valence-electron chi connectivity index (χ3n) is 8.70. The van der Waals surface area contributed by atoms with Crippen LogP contribution in [-0.4, -0.2) is 86.8 Å². The number of fused-ring (bicyclic) bond motifs is 3. The van der Waals surface area contributed by atoms with Gasteiger partial charge in [-0.25, -0.2) is 14.6 Å². The molecule has 0 aliphatic carbocycles. The standard InChI is InChI=1S/C20H17F3N6O2.C16H20N2O2/c1-2-28-18-12(11-25-29(18)13-6-4-3-5-7-13)10-14(19(28)31)26-17(30)16-24-9-8-15(27-16)20(21,22)23;1-12(9-18-10-14-7-15(11-18)20-14)16(19)17-8-13-5-3-2-4-6-13/h3-9,11,14H,2,10H2,1H3,(H,26,30);2-6,14-15H,1,7-11H2,(H,17,19). The fourth-order valence-electron chi connectivity index (χ4n) is 6.25. The predicted molar refractivity (Wildman–Crippen MR) is 181 cm³/mol. The Morgan fingerprint density at radius 3 is 2.33 bits per heavy atom. The van der Waals surface area contributed by atoms with Crippen molar-refractivity contribution in [2.45, 2.75) is 50.7 Å². The number of nitrogens with one attached hydrogen (secondary N) is 2. The Labute approximate surface area is 292 Å². The molecule has 0 spiro atoms. The maximum absolute atomic E-state index is 13.0. The maximum Gasteiger partial charge on any atom is 0.433 e. The number of para-hydroxylation sites is 1. The Balaban J connectivity index is 0.000000193. The molecule has 2 aromatic carbocycles. The average Bonchev–Trinajstić information content (AvgIpc) is 3.55. The molecule has 3 amide bonds. The first-order valence-corrected chi connectivity index (χ1v) is 16.5. The van der Waals surface area contributed by atoms with Crippen molar-refractivity contribution in [2.75, 3.05) is 31.1 Å². The number of nitrogens with zero attached hydrogens (tertiary/aromatic N) is 6. The van der Waals surface area contributed by atoms with Gasteiger partial charge < -0.3 is 15.4 Å². The first-order valence-electron chi connectivity index (χ1n) is 16.5. The summed E-state index contributed by atoms with van der Waals surface area (Å²) in [6.07, 6.45) is -0.197. The zero-order chi connectivity index (χ0) is 36.1. The third kappa shape index (κ3) is 8.32. The number of aromatic nitrogens is 4. The summed E-state index contributed by atoms with van der Waals surface area (Å²) < 4.78 is 45.8. The Kier molecular flexibility index (Phi) is 10.6. The summed E-state index contributed by atoms with van der Waals surface area (Å²) in [7, 11) is 0. The largest absolute Gasteiger partial charge is 0.433 e. The van der Waals surface area contributed by atoms with E-state index in [2.05, 4.69) is 37.2 Å². The van der Waals surface area contributed by atoms with Crippen molar-refractivity contribution in [1.29, 1.82) is 0 Å². The second-order valence-corrected chi connectivity index (χ2v) is 12.4. The molecular weight excluding hydrogens is 665 g/mol. The zero-order valence-corrected chi connectivity index (χ0v) is 27.8. The number of morpholine rings is 1. The van der Waals surface area contributed by atoms with E-state index in [0.29, 0.717) is 49.3 Å². The molecule has 4 aliphatic rings. The molecule has 266 valence electrons. The van der Waals surface area contributed by atoms with Gasteiger partial charge in [-0.3, -0.25) is 24.2 Å². The minimum Gasteiger partial charge on any atom is -0.372 e. The molecule has 3 saturated heterocycles. The van der Waals surface area contributed by atoms with E-state index in [1.807, 2.05) is 60.7 Å². The second-order valence-electron chi connectivity index (χ2n) is 12.4. The van der Waals surface area contributed by atoms with E-state index in [1.165, 1.54) is 11.3 Å². The Hall–Kier alpha value is -5.41. The van der Waals surface area contributed by atoms with Crippen LogP contribution in [0.15, 0.2) is 91.3 Å². The summed E-state index contributed by atoms with van der Waals surface area (Å²) in [4.78, 5) is 48.2. The number of piperidine rings is 1.